The molecule has 5 nitrogen and oxygen atoms in total. The summed E-state index contributed by atoms with van der Waals surface area (Å²) >= 11 is 1.40. The summed E-state index contributed by atoms with van der Waals surface area (Å²) in [5, 5.41) is 9.85. The van der Waals surface area contributed by atoms with Crippen molar-refractivity contribution < 1.29 is 13.6 Å². The zero-order valence-corrected chi connectivity index (χ0v) is 15.4. The summed E-state index contributed by atoms with van der Waals surface area (Å²) in [5.74, 6) is 0.423. The van der Waals surface area contributed by atoms with Gasteiger partial charge in [0.05, 0.1) is 6.26 Å². The molecule has 1 atom stereocenters. The van der Waals surface area contributed by atoms with Gasteiger partial charge in [0.1, 0.15) is 16.6 Å². The van der Waals surface area contributed by atoms with E-state index in [9.17, 15) is 9.18 Å². The number of furan rings is 1. The Morgan fingerprint density at radius 3 is 2.96 bits per heavy atom. The number of benzene rings is 1. The van der Waals surface area contributed by atoms with Gasteiger partial charge in [0, 0.05) is 30.6 Å². The largest absolute Gasteiger partial charge is 0.465 e. The Morgan fingerprint density at radius 1 is 1.26 bits per heavy atom. The minimum Gasteiger partial charge on any atom is -0.465 e. The molecule has 27 heavy (non-hydrogen) atoms. The van der Waals surface area contributed by atoms with Gasteiger partial charge in [-0.2, -0.15) is 0 Å². The Kier molecular flexibility index (Phi) is 5.11. The van der Waals surface area contributed by atoms with Crippen LogP contribution in [0.4, 0.5) is 4.39 Å². The van der Waals surface area contributed by atoms with E-state index in [1.165, 1.54) is 23.5 Å². The van der Waals surface area contributed by atoms with Crippen molar-refractivity contribution in [3.05, 3.63) is 65.3 Å². The lowest BCUT2D eigenvalue weighted by atomic mass is 9.99. The molecule has 0 spiro atoms. The summed E-state index contributed by atoms with van der Waals surface area (Å²) in [7, 11) is 0. The zero-order valence-electron chi connectivity index (χ0n) is 14.5. The first-order valence-corrected chi connectivity index (χ1v) is 9.61. The highest BCUT2D eigenvalue weighted by Gasteiger charge is 2.26. The van der Waals surface area contributed by atoms with E-state index in [0.717, 1.165) is 24.4 Å². The van der Waals surface area contributed by atoms with E-state index in [0.29, 0.717) is 22.9 Å². The monoisotopic (exact) mass is 383 g/mol. The number of likely N-dealkylation sites (tertiary alicyclic amines) is 1. The van der Waals surface area contributed by atoms with Crippen LogP contribution in [0.15, 0.2) is 53.2 Å². The molecule has 1 saturated heterocycles. The highest BCUT2D eigenvalue weighted by Crippen LogP contribution is 2.33. The van der Waals surface area contributed by atoms with Crippen molar-refractivity contribution in [1.82, 2.24) is 15.1 Å². The molecule has 1 aliphatic heterocycles. The molecular weight excluding hydrogens is 365 g/mol. The molecule has 0 N–H and O–H groups in total. The van der Waals surface area contributed by atoms with Crippen molar-refractivity contribution in [2.75, 3.05) is 13.1 Å². The Bertz CT molecular complexity index is 952. The zero-order chi connectivity index (χ0) is 18.6. The average Bonchev–Trinajstić information content (AvgIpc) is 3.39. The van der Waals surface area contributed by atoms with Crippen molar-refractivity contribution in [1.29, 1.82) is 0 Å². The lowest BCUT2D eigenvalue weighted by Crippen LogP contribution is -2.38. The molecule has 0 aliphatic carbocycles. The van der Waals surface area contributed by atoms with Gasteiger partial charge in [-0.15, -0.1) is 10.2 Å². The summed E-state index contributed by atoms with van der Waals surface area (Å²) in [4.78, 5) is 14.3. The highest BCUT2D eigenvalue weighted by molar-refractivity contribution is 7.14. The molecule has 1 amide bonds. The summed E-state index contributed by atoms with van der Waals surface area (Å²) < 4.78 is 19.2. The number of carbonyl (C=O) groups is 1. The molecule has 3 aromatic rings. The van der Waals surface area contributed by atoms with Crippen molar-refractivity contribution in [2.45, 2.75) is 18.8 Å². The molecule has 1 unspecified atom stereocenters. The van der Waals surface area contributed by atoms with Gasteiger partial charge in [-0.3, -0.25) is 4.79 Å². The van der Waals surface area contributed by atoms with Crippen LogP contribution in [0, 0.1) is 5.82 Å². The quantitative estimate of drug-likeness (QED) is 0.628. The smallest absolute Gasteiger partial charge is 0.246 e. The SMILES string of the molecule is O=C(/C=C/c1ccco1)N1CCCC(c2nnc(-c3ccccc3F)s2)C1. The summed E-state index contributed by atoms with van der Waals surface area (Å²) in [5.41, 5.74) is 0.464. The van der Waals surface area contributed by atoms with E-state index in [-0.39, 0.29) is 17.6 Å². The summed E-state index contributed by atoms with van der Waals surface area (Å²) in [6.07, 6.45) is 6.63. The van der Waals surface area contributed by atoms with Crippen LogP contribution in [0.5, 0.6) is 0 Å². The van der Waals surface area contributed by atoms with Gasteiger partial charge < -0.3 is 9.32 Å². The van der Waals surface area contributed by atoms with Gasteiger partial charge in [-0.1, -0.05) is 23.5 Å². The molecule has 0 saturated carbocycles. The number of amides is 1. The number of halogens is 1. The van der Waals surface area contributed by atoms with Crippen LogP contribution >= 0.6 is 11.3 Å². The normalized spacial score (nSPS) is 17.5. The average molecular weight is 383 g/mol. The van der Waals surface area contributed by atoms with Crippen molar-refractivity contribution in [2.24, 2.45) is 0 Å². The number of hydrogen-bond donors (Lipinski definition) is 0. The van der Waals surface area contributed by atoms with Crippen molar-refractivity contribution in [3.63, 3.8) is 0 Å². The van der Waals surface area contributed by atoms with Crippen LogP contribution in [0.3, 0.4) is 0 Å². The second kappa shape index (κ2) is 7.84. The fourth-order valence-electron chi connectivity index (χ4n) is 3.17. The molecule has 138 valence electrons. The van der Waals surface area contributed by atoms with E-state index < -0.39 is 0 Å². The van der Waals surface area contributed by atoms with Gasteiger partial charge in [-0.05, 0) is 43.2 Å². The maximum Gasteiger partial charge on any atom is 0.246 e. The van der Waals surface area contributed by atoms with Gasteiger partial charge >= 0.3 is 0 Å². The molecule has 0 bridgehead atoms. The van der Waals surface area contributed by atoms with E-state index in [4.69, 9.17) is 4.42 Å². The predicted octanol–water partition coefficient (Wildman–Crippen LogP) is 4.36. The molecule has 1 fully saturated rings. The molecule has 3 heterocycles. The Balaban J connectivity index is 1.46. The van der Waals surface area contributed by atoms with Crippen LogP contribution in [-0.2, 0) is 4.79 Å². The number of rotatable bonds is 4. The van der Waals surface area contributed by atoms with Crippen LogP contribution < -0.4 is 0 Å². The Labute approximate surface area is 160 Å². The van der Waals surface area contributed by atoms with Crippen LogP contribution in [-0.4, -0.2) is 34.1 Å². The van der Waals surface area contributed by atoms with E-state index in [2.05, 4.69) is 10.2 Å². The lowest BCUT2D eigenvalue weighted by molar-refractivity contribution is -0.127. The third kappa shape index (κ3) is 3.98. The maximum atomic E-state index is 14.0. The Morgan fingerprint density at radius 2 is 2.15 bits per heavy atom. The second-order valence-corrected chi connectivity index (χ2v) is 7.41. The Hall–Kier alpha value is -2.80. The molecule has 2 aromatic heterocycles. The topological polar surface area (TPSA) is 59.2 Å². The minimum atomic E-state index is -0.302. The second-order valence-electron chi connectivity index (χ2n) is 6.40. The molecular formula is C20H18FN3O2S. The number of aromatic nitrogens is 2. The van der Waals surface area contributed by atoms with E-state index in [1.807, 2.05) is 4.90 Å². The lowest BCUT2D eigenvalue weighted by Gasteiger charge is -2.30. The minimum absolute atomic E-state index is 0.0463. The van der Waals surface area contributed by atoms with Gasteiger partial charge in [0.2, 0.25) is 5.91 Å². The molecule has 1 aliphatic rings. The van der Waals surface area contributed by atoms with Crippen LogP contribution in [0.25, 0.3) is 16.6 Å². The van der Waals surface area contributed by atoms with Crippen molar-refractivity contribution in [3.8, 4) is 10.6 Å². The van der Waals surface area contributed by atoms with E-state index in [1.54, 1.807) is 42.7 Å². The van der Waals surface area contributed by atoms with Gasteiger partial charge in [-0.25, -0.2) is 4.39 Å². The first-order chi connectivity index (χ1) is 13.2. The standard InChI is InChI=1S/C20H18FN3O2S/c21-17-8-2-1-7-16(17)20-23-22-19(27-20)14-5-3-11-24(13-14)18(25)10-9-15-6-4-12-26-15/h1-2,4,6-10,12,14H,3,5,11,13H2/b10-9+. The third-order valence-electron chi connectivity index (χ3n) is 4.56. The van der Waals surface area contributed by atoms with Crippen LogP contribution in [0.2, 0.25) is 0 Å². The predicted molar refractivity (Wildman–Crippen MR) is 102 cm³/mol. The summed E-state index contributed by atoms with van der Waals surface area (Å²) in [6, 6.07) is 10.1. The number of hydrogen-bond acceptors (Lipinski definition) is 5. The third-order valence-corrected chi connectivity index (χ3v) is 5.68. The molecule has 4 rings (SSSR count). The molecule has 0 radical (unpaired) electrons. The maximum absolute atomic E-state index is 14.0. The van der Waals surface area contributed by atoms with Gasteiger partial charge in [0.15, 0.2) is 5.01 Å². The summed E-state index contributed by atoms with van der Waals surface area (Å²) in [6.45, 7) is 1.31. The first kappa shape index (κ1) is 17.6. The highest BCUT2D eigenvalue weighted by atomic mass is 32.1. The van der Waals surface area contributed by atoms with E-state index >= 15 is 0 Å². The molecule has 1 aromatic carbocycles. The fraction of sp³-hybridized carbons (Fsp3) is 0.250. The molecule has 7 heteroatoms. The first-order valence-electron chi connectivity index (χ1n) is 8.79. The number of nitrogens with zero attached hydrogens (tertiary/aromatic N) is 3. The van der Waals surface area contributed by atoms with Crippen molar-refractivity contribution >= 4 is 23.3 Å². The van der Waals surface area contributed by atoms with Crippen LogP contribution in [0.1, 0.15) is 29.5 Å². The number of carbonyl (C=O) groups excluding carboxylic acids is 1. The number of piperidine rings is 1. The van der Waals surface area contributed by atoms with Gasteiger partial charge in [0.25, 0.3) is 0 Å². The fourth-order valence-corrected chi connectivity index (χ4v) is 4.16.